The van der Waals surface area contributed by atoms with Crippen molar-refractivity contribution in [2.45, 2.75) is 6.92 Å². The fourth-order valence-electron chi connectivity index (χ4n) is 1.64. The number of para-hydroxylation sites is 1. The van der Waals surface area contributed by atoms with E-state index in [0.717, 1.165) is 17.3 Å². The highest BCUT2D eigenvalue weighted by molar-refractivity contribution is 6.34. The van der Waals surface area contributed by atoms with Crippen LogP contribution in [0.3, 0.4) is 0 Å². The minimum atomic E-state index is -1.16. The highest BCUT2D eigenvalue weighted by atomic mass is 35.5. The molecular weight excluding hydrogens is 275 g/mol. The molecule has 7 heteroatoms. The maximum Gasteiger partial charge on any atom is 0.324 e. The topological polar surface area (TPSA) is 59.0 Å². The third-order valence-electron chi connectivity index (χ3n) is 2.50. The van der Waals surface area contributed by atoms with Gasteiger partial charge in [0, 0.05) is 6.21 Å². The fourth-order valence-corrected chi connectivity index (χ4v) is 1.88. The van der Waals surface area contributed by atoms with Gasteiger partial charge in [0.15, 0.2) is 11.7 Å². The number of halogens is 2. The first-order chi connectivity index (χ1) is 9.06. The number of carbonyl (C=O) groups is 2. The van der Waals surface area contributed by atoms with Crippen LogP contribution < -0.4 is 5.01 Å². The lowest BCUT2D eigenvalue weighted by Crippen LogP contribution is -2.32. The lowest BCUT2D eigenvalue weighted by molar-refractivity contribution is -0.147. The average molecular weight is 285 g/mol. The molecule has 1 aliphatic heterocycles. The minimum Gasteiger partial charge on any atom is -0.465 e. The molecular formula is C12H10ClFN2O3. The number of ether oxygens (including phenoxy) is 1. The number of anilines is 1. The molecule has 1 unspecified atom stereocenters. The van der Waals surface area contributed by atoms with Crippen LogP contribution in [0.25, 0.3) is 0 Å². The Bertz CT molecular complexity index is 542. The quantitative estimate of drug-likeness (QED) is 0.630. The molecule has 1 aromatic carbocycles. The third-order valence-corrected chi connectivity index (χ3v) is 2.80. The molecule has 0 bridgehead atoms. The summed E-state index contributed by atoms with van der Waals surface area (Å²) in [5, 5.41) is 4.54. The van der Waals surface area contributed by atoms with Crippen molar-refractivity contribution in [2.24, 2.45) is 11.0 Å². The van der Waals surface area contributed by atoms with E-state index in [9.17, 15) is 14.0 Å². The highest BCUT2D eigenvalue weighted by Crippen LogP contribution is 2.31. The van der Waals surface area contributed by atoms with Crippen LogP contribution in [0, 0.1) is 11.7 Å². The number of hydrogen-bond donors (Lipinski definition) is 0. The van der Waals surface area contributed by atoms with Gasteiger partial charge in [0.05, 0.1) is 11.6 Å². The Morgan fingerprint density at radius 1 is 1.58 bits per heavy atom. The molecule has 0 saturated heterocycles. The molecule has 0 aliphatic carbocycles. The van der Waals surface area contributed by atoms with Crippen molar-refractivity contribution in [3.05, 3.63) is 29.0 Å². The number of rotatable bonds is 3. The fraction of sp³-hybridized carbons (Fsp3) is 0.250. The van der Waals surface area contributed by atoms with Gasteiger partial charge >= 0.3 is 5.97 Å². The van der Waals surface area contributed by atoms with Crippen LogP contribution in [0.1, 0.15) is 6.92 Å². The van der Waals surface area contributed by atoms with E-state index in [-0.39, 0.29) is 17.3 Å². The molecule has 100 valence electrons. The van der Waals surface area contributed by atoms with Gasteiger partial charge in [0.2, 0.25) is 0 Å². The average Bonchev–Trinajstić information content (AvgIpc) is 2.72. The SMILES string of the molecule is CCOC(=O)C1C=NN(c2c(F)cccc2Cl)C1=O. The van der Waals surface area contributed by atoms with E-state index < -0.39 is 23.6 Å². The number of nitrogens with zero attached hydrogens (tertiary/aromatic N) is 2. The predicted molar refractivity (Wildman–Crippen MR) is 67.5 cm³/mol. The molecule has 1 atom stereocenters. The molecule has 2 rings (SSSR count). The van der Waals surface area contributed by atoms with Crippen LogP contribution in [0.15, 0.2) is 23.3 Å². The second-order valence-electron chi connectivity index (χ2n) is 3.71. The predicted octanol–water partition coefficient (Wildman–Crippen LogP) is 1.99. The lowest BCUT2D eigenvalue weighted by atomic mass is 10.1. The zero-order chi connectivity index (χ0) is 14.0. The second kappa shape index (κ2) is 5.36. The summed E-state index contributed by atoms with van der Waals surface area (Å²) in [6, 6.07) is 4.00. The summed E-state index contributed by atoms with van der Waals surface area (Å²) < 4.78 is 18.4. The molecule has 19 heavy (non-hydrogen) atoms. The zero-order valence-corrected chi connectivity index (χ0v) is 10.7. The Kier molecular flexibility index (Phi) is 3.80. The summed E-state index contributed by atoms with van der Waals surface area (Å²) in [6.45, 7) is 1.77. The molecule has 1 amide bonds. The maximum absolute atomic E-state index is 13.7. The summed E-state index contributed by atoms with van der Waals surface area (Å²) in [5.74, 6) is -3.25. The van der Waals surface area contributed by atoms with Crippen molar-refractivity contribution in [2.75, 3.05) is 11.6 Å². The molecule has 0 N–H and O–H groups in total. The van der Waals surface area contributed by atoms with Crippen LogP contribution in [0.4, 0.5) is 10.1 Å². The van der Waals surface area contributed by atoms with Crippen LogP contribution in [-0.4, -0.2) is 24.7 Å². The summed E-state index contributed by atoms with van der Waals surface area (Å²) in [4.78, 5) is 23.5. The summed E-state index contributed by atoms with van der Waals surface area (Å²) in [6.07, 6.45) is 1.11. The first kappa shape index (κ1) is 13.5. The standard InChI is InChI=1S/C12H10ClFN2O3/c1-2-19-12(18)7-6-15-16(11(7)17)10-8(13)4-3-5-9(10)14/h3-7H,2H2,1H3. The van der Waals surface area contributed by atoms with Crippen LogP contribution >= 0.6 is 11.6 Å². The smallest absolute Gasteiger partial charge is 0.324 e. The summed E-state index contributed by atoms with van der Waals surface area (Å²) >= 11 is 5.84. The van der Waals surface area contributed by atoms with Gasteiger partial charge in [-0.2, -0.15) is 10.1 Å². The molecule has 0 saturated carbocycles. The maximum atomic E-state index is 13.7. The Balaban J connectivity index is 2.28. The molecule has 1 aliphatic rings. The van der Waals surface area contributed by atoms with Crippen molar-refractivity contribution in [1.82, 2.24) is 0 Å². The normalized spacial score (nSPS) is 17.9. The molecule has 1 aromatic rings. The molecule has 0 fully saturated rings. The first-order valence-electron chi connectivity index (χ1n) is 5.55. The van der Waals surface area contributed by atoms with Gasteiger partial charge < -0.3 is 4.74 Å². The highest BCUT2D eigenvalue weighted by Gasteiger charge is 2.38. The second-order valence-corrected chi connectivity index (χ2v) is 4.12. The van der Waals surface area contributed by atoms with E-state index in [1.165, 1.54) is 12.1 Å². The molecule has 0 radical (unpaired) electrons. The van der Waals surface area contributed by atoms with Gasteiger partial charge in [0.1, 0.15) is 5.69 Å². The largest absolute Gasteiger partial charge is 0.465 e. The van der Waals surface area contributed by atoms with E-state index in [4.69, 9.17) is 16.3 Å². The molecule has 5 nitrogen and oxygen atoms in total. The first-order valence-corrected chi connectivity index (χ1v) is 5.92. The summed E-state index contributed by atoms with van der Waals surface area (Å²) in [5.41, 5.74) is -0.169. The number of carbonyl (C=O) groups excluding carboxylic acids is 2. The Hall–Kier alpha value is -1.95. The van der Waals surface area contributed by atoms with E-state index in [1.807, 2.05) is 0 Å². The lowest BCUT2D eigenvalue weighted by Gasteiger charge is -2.15. The molecule has 0 aromatic heterocycles. The van der Waals surface area contributed by atoms with E-state index in [0.29, 0.717) is 0 Å². The Labute approximate surface area is 113 Å². The van der Waals surface area contributed by atoms with Gasteiger partial charge in [-0.05, 0) is 19.1 Å². The van der Waals surface area contributed by atoms with Crippen molar-refractivity contribution in [1.29, 1.82) is 0 Å². The molecule has 0 spiro atoms. The third kappa shape index (κ3) is 2.44. The van der Waals surface area contributed by atoms with E-state index in [1.54, 1.807) is 6.92 Å². The number of hydrogen-bond acceptors (Lipinski definition) is 4. The zero-order valence-electron chi connectivity index (χ0n) is 9.97. The van der Waals surface area contributed by atoms with Gasteiger partial charge in [-0.1, -0.05) is 17.7 Å². The van der Waals surface area contributed by atoms with E-state index >= 15 is 0 Å². The Morgan fingerprint density at radius 2 is 2.32 bits per heavy atom. The van der Waals surface area contributed by atoms with Crippen molar-refractivity contribution in [3.63, 3.8) is 0 Å². The summed E-state index contributed by atoms with van der Waals surface area (Å²) in [7, 11) is 0. The van der Waals surface area contributed by atoms with Crippen molar-refractivity contribution < 1.29 is 18.7 Å². The number of esters is 1. The minimum absolute atomic E-state index is 0.0370. The van der Waals surface area contributed by atoms with Gasteiger partial charge in [-0.25, -0.2) is 4.39 Å². The number of benzene rings is 1. The van der Waals surface area contributed by atoms with E-state index in [2.05, 4.69) is 5.10 Å². The monoisotopic (exact) mass is 284 g/mol. The molecule has 1 heterocycles. The number of hydrazone groups is 1. The van der Waals surface area contributed by atoms with Gasteiger partial charge in [-0.15, -0.1) is 0 Å². The van der Waals surface area contributed by atoms with Crippen LogP contribution in [-0.2, 0) is 14.3 Å². The number of amides is 1. The van der Waals surface area contributed by atoms with Crippen LogP contribution in [0.5, 0.6) is 0 Å². The van der Waals surface area contributed by atoms with Crippen molar-refractivity contribution >= 4 is 35.4 Å². The van der Waals surface area contributed by atoms with Gasteiger partial charge in [-0.3, -0.25) is 9.59 Å². The van der Waals surface area contributed by atoms with Crippen LogP contribution in [0.2, 0.25) is 5.02 Å². The van der Waals surface area contributed by atoms with Gasteiger partial charge in [0.25, 0.3) is 5.91 Å². The Morgan fingerprint density at radius 3 is 2.95 bits per heavy atom. The van der Waals surface area contributed by atoms with Crippen molar-refractivity contribution in [3.8, 4) is 0 Å².